The molecule has 0 saturated heterocycles. The zero-order chi connectivity index (χ0) is 18.9. The summed E-state index contributed by atoms with van der Waals surface area (Å²) in [4.78, 5) is 13.2. The van der Waals surface area contributed by atoms with E-state index in [0.29, 0.717) is 16.6 Å². The number of amides is 1. The molecule has 0 radical (unpaired) electrons. The van der Waals surface area contributed by atoms with Gasteiger partial charge in [-0.1, -0.05) is 29.3 Å². The Kier molecular flexibility index (Phi) is 8.99. The van der Waals surface area contributed by atoms with E-state index < -0.39 is 0 Å². The first-order chi connectivity index (χ1) is 12.5. The third-order valence-corrected chi connectivity index (χ3v) is 6.27. The molecule has 0 saturated carbocycles. The van der Waals surface area contributed by atoms with Crippen LogP contribution in [0.3, 0.4) is 0 Å². The number of hydrogen-bond donors (Lipinski definition) is 1. The highest BCUT2D eigenvalue weighted by atomic mass is 35.5. The lowest BCUT2D eigenvalue weighted by atomic mass is 10.2. The Balaban J connectivity index is 1.67. The van der Waals surface area contributed by atoms with Gasteiger partial charge in [0.25, 0.3) is 0 Å². The molecule has 0 spiro atoms. The highest BCUT2D eigenvalue weighted by Crippen LogP contribution is 2.26. The van der Waals surface area contributed by atoms with Gasteiger partial charge in [-0.3, -0.25) is 4.79 Å². The van der Waals surface area contributed by atoms with Crippen LogP contribution in [0.15, 0.2) is 47.4 Å². The number of thioether (sulfide) groups is 2. The summed E-state index contributed by atoms with van der Waals surface area (Å²) in [5.74, 6) is 2.47. The summed E-state index contributed by atoms with van der Waals surface area (Å²) in [6, 6.07) is 13.2. The van der Waals surface area contributed by atoms with Crippen LogP contribution in [0.2, 0.25) is 10.0 Å². The molecule has 3 nitrogen and oxygen atoms in total. The van der Waals surface area contributed by atoms with Crippen LogP contribution in [0.1, 0.15) is 12.5 Å². The number of nitrogens with one attached hydrogen (secondary N) is 1. The Labute approximate surface area is 173 Å². The topological polar surface area (TPSA) is 38.3 Å². The summed E-state index contributed by atoms with van der Waals surface area (Å²) < 4.78 is 5.14. The molecule has 140 valence electrons. The fraction of sp³-hybridized carbons (Fsp3) is 0.316. The maximum atomic E-state index is 12.2. The SMILES string of the molecule is COc1ccc(S[C@H](C)C(=O)NCCSCc2ccc(Cl)cc2Cl)cc1. The Morgan fingerprint density at radius 3 is 2.58 bits per heavy atom. The van der Waals surface area contributed by atoms with Gasteiger partial charge in [0.2, 0.25) is 5.91 Å². The van der Waals surface area contributed by atoms with E-state index >= 15 is 0 Å². The van der Waals surface area contributed by atoms with Crippen LogP contribution < -0.4 is 10.1 Å². The summed E-state index contributed by atoms with van der Waals surface area (Å²) in [5.41, 5.74) is 1.05. The largest absolute Gasteiger partial charge is 0.497 e. The predicted octanol–water partition coefficient (Wildman–Crippen LogP) is 5.53. The number of benzene rings is 2. The number of carbonyl (C=O) groups excluding carboxylic acids is 1. The highest BCUT2D eigenvalue weighted by Gasteiger charge is 2.13. The number of carbonyl (C=O) groups is 1. The molecule has 7 heteroatoms. The van der Waals surface area contributed by atoms with Crippen LogP contribution in [0.25, 0.3) is 0 Å². The van der Waals surface area contributed by atoms with Gasteiger partial charge in [-0.05, 0) is 48.9 Å². The van der Waals surface area contributed by atoms with E-state index in [2.05, 4.69) is 5.32 Å². The lowest BCUT2D eigenvalue weighted by molar-refractivity contribution is -0.120. The zero-order valence-electron chi connectivity index (χ0n) is 14.6. The Bertz CT molecular complexity index is 726. The van der Waals surface area contributed by atoms with Gasteiger partial charge in [-0.2, -0.15) is 11.8 Å². The molecular formula is C19H21Cl2NO2S2. The molecule has 0 aromatic heterocycles. The molecule has 2 rings (SSSR count). The van der Waals surface area contributed by atoms with Gasteiger partial charge in [0, 0.05) is 33.0 Å². The lowest BCUT2D eigenvalue weighted by Crippen LogP contribution is -2.32. The Hall–Kier alpha value is -1.01. The third-order valence-electron chi connectivity index (χ3n) is 3.56. The van der Waals surface area contributed by atoms with E-state index in [9.17, 15) is 4.79 Å². The van der Waals surface area contributed by atoms with Crippen molar-refractivity contribution in [3.8, 4) is 5.75 Å². The molecule has 0 aliphatic heterocycles. The molecule has 0 bridgehead atoms. The molecule has 0 aliphatic rings. The monoisotopic (exact) mass is 429 g/mol. The van der Waals surface area contributed by atoms with Crippen molar-refractivity contribution < 1.29 is 9.53 Å². The zero-order valence-corrected chi connectivity index (χ0v) is 17.8. The minimum Gasteiger partial charge on any atom is -0.497 e. The summed E-state index contributed by atoms with van der Waals surface area (Å²) in [7, 11) is 1.64. The predicted molar refractivity (Wildman–Crippen MR) is 114 cm³/mol. The van der Waals surface area contributed by atoms with Crippen molar-refractivity contribution in [1.29, 1.82) is 0 Å². The number of ether oxygens (including phenoxy) is 1. The number of rotatable bonds is 9. The van der Waals surface area contributed by atoms with Crippen LogP contribution in [0.5, 0.6) is 5.75 Å². The summed E-state index contributed by atoms with van der Waals surface area (Å²) in [6.07, 6.45) is 0. The normalized spacial score (nSPS) is 11.8. The fourth-order valence-corrected chi connectivity index (χ4v) is 4.43. The minimum absolute atomic E-state index is 0.0379. The molecule has 1 N–H and O–H groups in total. The van der Waals surface area contributed by atoms with Crippen molar-refractivity contribution in [3.63, 3.8) is 0 Å². The second kappa shape index (κ2) is 11.0. The van der Waals surface area contributed by atoms with Crippen molar-refractivity contribution in [1.82, 2.24) is 5.32 Å². The third kappa shape index (κ3) is 6.95. The van der Waals surface area contributed by atoms with Crippen molar-refractivity contribution in [2.24, 2.45) is 0 Å². The highest BCUT2D eigenvalue weighted by molar-refractivity contribution is 8.00. The first kappa shape index (κ1) is 21.3. The maximum Gasteiger partial charge on any atom is 0.233 e. The van der Waals surface area contributed by atoms with E-state index in [0.717, 1.165) is 27.7 Å². The van der Waals surface area contributed by atoms with Gasteiger partial charge < -0.3 is 10.1 Å². The molecular weight excluding hydrogens is 409 g/mol. The first-order valence-electron chi connectivity index (χ1n) is 8.09. The molecule has 2 aromatic rings. The van der Waals surface area contributed by atoms with E-state index in [-0.39, 0.29) is 11.2 Å². The maximum absolute atomic E-state index is 12.2. The molecule has 0 unspecified atom stereocenters. The second-order valence-corrected chi connectivity index (χ2v) is 8.88. The number of halogens is 2. The van der Waals surface area contributed by atoms with E-state index in [1.807, 2.05) is 43.3 Å². The Morgan fingerprint density at radius 1 is 1.19 bits per heavy atom. The lowest BCUT2D eigenvalue weighted by Gasteiger charge is -2.12. The van der Waals surface area contributed by atoms with Crippen LogP contribution in [0, 0.1) is 0 Å². The van der Waals surface area contributed by atoms with Crippen LogP contribution in [-0.4, -0.2) is 30.6 Å². The van der Waals surface area contributed by atoms with Crippen LogP contribution in [0.4, 0.5) is 0 Å². The standard InChI is InChI=1S/C19H21Cl2NO2S2/c1-13(26-17-7-5-16(24-2)6-8-17)19(23)22-9-10-25-12-14-3-4-15(20)11-18(14)21/h3-8,11,13H,9-10,12H2,1-2H3,(H,22,23)/t13-/m1/s1. The first-order valence-corrected chi connectivity index (χ1v) is 10.9. The summed E-state index contributed by atoms with van der Waals surface area (Å²) >= 11 is 15.3. The number of hydrogen-bond acceptors (Lipinski definition) is 4. The van der Waals surface area contributed by atoms with Crippen LogP contribution >= 0.6 is 46.7 Å². The van der Waals surface area contributed by atoms with Crippen molar-refractivity contribution in [2.45, 2.75) is 22.8 Å². The summed E-state index contributed by atoms with van der Waals surface area (Å²) in [6.45, 7) is 2.53. The molecule has 0 fully saturated rings. The summed E-state index contributed by atoms with van der Waals surface area (Å²) in [5, 5.41) is 4.14. The molecule has 0 aliphatic carbocycles. The molecule has 1 amide bonds. The molecule has 0 heterocycles. The number of methoxy groups -OCH3 is 1. The Morgan fingerprint density at radius 2 is 1.92 bits per heavy atom. The van der Waals surface area contributed by atoms with Gasteiger partial charge in [0.05, 0.1) is 12.4 Å². The van der Waals surface area contributed by atoms with Gasteiger partial charge in [0.15, 0.2) is 0 Å². The second-order valence-electron chi connectivity index (χ2n) is 5.51. The molecule has 26 heavy (non-hydrogen) atoms. The molecule has 2 aromatic carbocycles. The fourth-order valence-electron chi connectivity index (χ4n) is 2.12. The van der Waals surface area contributed by atoms with Crippen molar-refractivity contribution in [3.05, 3.63) is 58.1 Å². The average molecular weight is 430 g/mol. The van der Waals surface area contributed by atoms with Gasteiger partial charge >= 0.3 is 0 Å². The van der Waals surface area contributed by atoms with Gasteiger partial charge in [-0.25, -0.2) is 0 Å². The molecule has 1 atom stereocenters. The van der Waals surface area contributed by atoms with Crippen LogP contribution in [-0.2, 0) is 10.5 Å². The minimum atomic E-state index is -0.154. The van der Waals surface area contributed by atoms with E-state index in [1.54, 1.807) is 24.9 Å². The van der Waals surface area contributed by atoms with E-state index in [1.165, 1.54) is 11.8 Å². The van der Waals surface area contributed by atoms with Gasteiger partial charge in [-0.15, -0.1) is 11.8 Å². The van der Waals surface area contributed by atoms with E-state index in [4.69, 9.17) is 27.9 Å². The van der Waals surface area contributed by atoms with Crippen molar-refractivity contribution >= 4 is 52.6 Å². The van der Waals surface area contributed by atoms with Gasteiger partial charge in [0.1, 0.15) is 5.75 Å². The smallest absolute Gasteiger partial charge is 0.233 e. The average Bonchev–Trinajstić information content (AvgIpc) is 2.63. The quantitative estimate of drug-likeness (QED) is 0.419. The van der Waals surface area contributed by atoms with Crippen molar-refractivity contribution in [2.75, 3.05) is 19.4 Å².